The fraction of sp³-hybridized carbons (Fsp3) is 0.429. The summed E-state index contributed by atoms with van der Waals surface area (Å²) in [4.78, 5) is 23.2. The molecular formula is C14H18N2O3. The van der Waals surface area contributed by atoms with Crippen molar-refractivity contribution in [3.63, 3.8) is 0 Å². The Kier molecular flexibility index (Phi) is 4.39. The molecule has 1 aromatic rings. The van der Waals surface area contributed by atoms with Crippen molar-refractivity contribution in [2.45, 2.75) is 12.8 Å². The summed E-state index contributed by atoms with van der Waals surface area (Å²) in [5, 5.41) is 5.55. The van der Waals surface area contributed by atoms with Crippen LogP contribution in [0.3, 0.4) is 0 Å². The van der Waals surface area contributed by atoms with Gasteiger partial charge in [0.25, 0.3) is 5.91 Å². The second-order valence-corrected chi connectivity index (χ2v) is 4.55. The summed E-state index contributed by atoms with van der Waals surface area (Å²) < 4.78 is 5.06. The van der Waals surface area contributed by atoms with Crippen LogP contribution in [0.5, 0.6) is 5.75 Å². The van der Waals surface area contributed by atoms with Gasteiger partial charge in [-0.2, -0.15) is 0 Å². The molecule has 0 bridgehead atoms. The third kappa shape index (κ3) is 3.98. The van der Waals surface area contributed by atoms with Gasteiger partial charge in [-0.1, -0.05) is 6.07 Å². The predicted molar refractivity (Wildman–Crippen MR) is 71.1 cm³/mol. The Morgan fingerprint density at radius 2 is 2.00 bits per heavy atom. The number of amides is 2. The number of nitrogens with one attached hydrogen (secondary N) is 2. The summed E-state index contributed by atoms with van der Waals surface area (Å²) >= 11 is 0. The lowest BCUT2D eigenvalue weighted by Gasteiger charge is -2.07. The molecule has 0 radical (unpaired) electrons. The first kappa shape index (κ1) is 13.4. The Morgan fingerprint density at radius 1 is 1.26 bits per heavy atom. The Hall–Kier alpha value is -2.04. The van der Waals surface area contributed by atoms with Crippen LogP contribution in [0, 0.1) is 5.92 Å². The van der Waals surface area contributed by atoms with Crippen molar-refractivity contribution in [1.29, 1.82) is 0 Å². The maximum Gasteiger partial charge on any atom is 0.251 e. The molecule has 0 unspecified atom stereocenters. The van der Waals surface area contributed by atoms with E-state index in [9.17, 15) is 9.59 Å². The monoisotopic (exact) mass is 262 g/mol. The van der Waals surface area contributed by atoms with E-state index >= 15 is 0 Å². The number of hydrogen-bond acceptors (Lipinski definition) is 3. The Labute approximate surface area is 112 Å². The molecule has 5 heteroatoms. The van der Waals surface area contributed by atoms with Gasteiger partial charge in [-0.3, -0.25) is 9.59 Å². The number of benzene rings is 1. The van der Waals surface area contributed by atoms with Crippen molar-refractivity contribution in [1.82, 2.24) is 10.6 Å². The molecule has 1 saturated carbocycles. The van der Waals surface area contributed by atoms with Crippen molar-refractivity contribution < 1.29 is 14.3 Å². The largest absolute Gasteiger partial charge is 0.497 e. The number of carbonyl (C=O) groups excluding carboxylic acids is 2. The van der Waals surface area contributed by atoms with E-state index < -0.39 is 0 Å². The molecule has 0 aromatic heterocycles. The zero-order valence-electron chi connectivity index (χ0n) is 10.9. The van der Waals surface area contributed by atoms with E-state index in [2.05, 4.69) is 10.6 Å². The highest BCUT2D eigenvalue weighted by molar-refractivity contribution is 5.94. The summed E-state index contributed by atoms with van der Waals surface area (Å²) in [5.74, 6) is 0.777. The molecule has 0 spiro atoms. The fourth-order valence-electron chi connectivity index (χ4n) is 1.72. The van der Waals surface area contributed by atoms with E-state index in [0.717, 1.165) is 12.8 Å². The van der Waals surface area contributed by atoms with Crippen LogP contribution < -0.4 is 15.4 Å². The minimum atomic E-state index is -0.167. The normalized spacial score (nSPS) is 13.7. The highest BCUT2D eigenvalue weighted by Gasteiger charge is 2.28. The molecule has 0 heterocycles. The van der Waals surface area contributed by atoms with Crippen LogP contribution in [0.2, 0.25) is 0 Å². The number of ether oxygens (including phenoxy) is 1. The van der Waals surface area contributed by atoms with Crippen molar-refractivity contribution in [3.05, 3.63) is 29.8 Å². The van der Waals surface area contributed by atoms with Gasteiger partial charge in [0.1, 0.15) is 5.75 Å². The van der Waals surface area contributed by atoms with Gasteiger partial charge < -0.3 is 15.4 Å². The third-order valence-electron chi connectivity index (χ3n) is 2.99. The topological polar surface area (TPSA) is 67.4 Å². The minimum absolute atomic E-state index is 0.0932. The predicted octanol–water partition coefficient (Wildman–Crippen LogP) is 0.951. The molecule has 1 fully saturated rings. The minimum Gasteiger partial charge on any atom is -0.497 e. The summed E-state index contributed by atoms with van der Waals surface area (Å²) in [6, 6.07) is 6.95. The van der Waals surface area contributed by atoms with Gasteiger partial charge in [0.05, 0.1) is 7.11 Å². The molecule has 2 rings (SSSR count). The summed E-state index contributed by atoms with van der Waals surface area (Å²) in [5.41, 5.74) is 0.549. The zero-order valence-corrected chi connectivity index (χ0v) is 10.9. The summed E-state index contributed by atoms with van der Waals surface area (Å²) in [6.45, 7) is 0.888. The lowest BCUT2D eigenvalue weighted by atomic mass is 10.2. The molecule has 0 saturated heterocycles. The number of hydrogen-bond donors (Lipinski definition) is 2. The maximum atomic E-state index is 11.8. The molecule has 5 nitrogen and oxygen atoms in total. The first-order valence-corrected chi connectivity index (χ1v) is 6.40. The fourth-order valence-corrected chi connectivity index (χ4v) is 1.72. The van der Waals surface area contributed by atoms with E-state index in [1.54, 1.807) is 31.4 Å². The van der Waals surface area contributed by atoms with Crippen LogP contribution in [0.4, 0.5) is 0 Å². The van der Waals surface area contributed by atoms with Gasteiger partial charge in [-0.05, 0) is 31.0 Å². The molecule has 1 aliphatic carbocycles. The van der Waals surface area contributed by atoms with Gasteiger partial charge in [0, 0.05) is 24.6 Å². The van der Waals surface area contributed by atoms with Crippen LogP contribution in [0.15, 0.2) is 24.3 Å². The van der Waals surface area contributed by atoms with Crippen LogP contribution in [-0.4, -0.2) is 32.0 Å². The average molecular weight is 262 g/mol. The number of rotatable bonds is 6. The second-order valence-electron chi connectivity index (χ2n) is 4.55. The van der Waals surface area contributed by atoms with Crippen molar-refractivity contribution in [2.24, 2.45) is 5.92 Å². The second kappa shape index (κ2) is 6.22. The Morgan fingerprint density at radius 3 is 2.68 bits per heavy atom. The van der Waals surface area contributed by atoms with Crippen LogP contribution in [-0.2, 0) is 4.79 Å². The highest BCUT2D eigenvalue weighted by Crippen LogP contribution is 2.28. The Bertz CT molecular complexity index is 470. The maximum absolute atomic E-state index is 11.8. The molecule has 19 heavy (non-hydrogen) atoms. The molecule has 0 atom stereocenters. The van der Waals surface area contributed by atoms with E-state index in [4.69, 9.17) is 4.74 Å². The molecule has 0 aliphatic heterocycles. The third-order valence-corrected chi connectivity index (χ3v) is 2.99. The SMILES string of the molecule is COc1cccc(C(=O)NCCNC(=O)C2CC2)c1. The Balaban J connectivity index is 1.72. The molecule has 2 amide bonds. The van der Waals surface area contributed by atoms with Crippen molar-refractivity contribution in [3.8, 4) is 5.75 Å². The van der Waals surface area contributed by atoms with Crippen LogP contribution in [0.25, 0.3) is 0 Å². The molecule has 1 aromatic carbocycles. The molecule has 102 valence electrons. The average Bonchev–Trinajstić information content (AvgIpc) is 3.27. The van der Waals surface area contributed by atoms with Gasteiger partial charge in [-0.15, -0.1) is 0 Å². The molecular weight excluding hydrogens is 244 g/mol. The number of carbonyl (C=O) groups is 2. The van der Waals surface area contributed by atoms with E-state index in [1.807, 2.05) is 0 Å². The summed E-state index contributed by atoms with van der Waals surface area (Å²) in [7, 11) is 1.56. The van der Waals surface area contributed by atoms with Gasteiger partial charge in [0.2, 0.25) is 5.91 Å². The van der Waals surface area contributed by atoms with Gasteiger partial charge in [0.15, 0.2) is 0 Å². The van der Waals surface area contributed by atoms with Crippen molar-refractivity contribution >= 4 is 11.8 Å². The van der Waals surface area contributed by atoms with Crippen LogP contribution in [0.1, 0.15) is 23.2 Å². The van der Waals surface area contributed by atoms with Gasteiger partial charge >= 0.3 is 0 Å². The molecule has 1 aliphatic rings. The smallest absolute Gasteiger partial charge is 0.251 e. The highest BCUT2D eigenvalue weighted by atomic mass is 16.5. The zero-order chi connectivity index (χ0) is 13.7. The standard InChI is InChI=1S/C14H18N2O3/c1-19-12-4-2-3-11(9-12)14(18)16-8-7-15-13(17)10-5-6-10/h2-4,9-10H,5-8H2,1H3,(H,15,17)(H,16,18). The first-order chi connectivity index (χ1) is 9.20. The van der Waals surface area contributed by atoms with Gasteiger partial charge in [-0.25, -0.2) is 0 Å². The lowest BCUT2D eigenvalue weighted by molar-refractivity contribution is -0.122. The van der Waals surface area contributed by atoms with E-state index in [0.29, 0.717) is 24.4 Å². The van der Waals surface area contributed by atoms with Crippen LogP contribution >= 0.6 is 0 Å². The molecule has 2 N–H and O–H groups in total. The quantitative estimate of drug-likeness (QED) is 0.750. The van der Waals surface area contributed by atoms with E-state index in [-0.39, 0.29) is 17.7 Å². The summed E-state index contributed by atoms with van der Waals surface area (Å²) in [6.07, 6.45) is 1.98. The number of methoxy groups -OCH3 is 1. The van der Waals surface area contributed by atoms with Crippen molar-refractivity contribution in [2.75, 3.05) is 20.2 Å². The van der Waals surface area contributed by atoms with E-state index in [1.165, 1.54) is 0 Å². The first-order valence-electron chi connectivity index (χ1n) is 6.40. The lowest BCUT2D eigenvalue weighted by Crippen LogP contribution is -2.35.